The highest BCUT2D eigenvalue weighted by molar-refractivity contribution is 5.92. The quantitative estimate of drug-likeness (QED) is 0.818. The van der Waals surface area contributed by atoms with E-state index in [4.69, 9.17) is 0 Å². The molecule has 2 aliphatic carbocycles. The van der Waals surface area contributed by atoms with Crippen LogP contribution in [0.1, 0.15) is 48.8 Å². The Bertz CT molecular complexity index is 605. The third-order valence-electron chi connectivity index (χ3n) is 5.24. The molecule has 0 saturated heterocycles. The van der Waals surface area contributed by atoms with E-state index in [9.17, 15) is 9.90 Å². The minimum atomic E-state index is -0.0206. The Morgan fingerprint density at radius 1 is 1.43 bits per heavy atom. The van der Waals surface area contributed by atoms with Gasteiger partial charge in [-0.3, -0.25) is 9.48 Å². The molecule has 1 heterocycles. The Kier molecular flexibility index (Phi) is 4.57. The molecule has 5 nitrogen and oxygen atoms in total. The summed E-state index contributed by atoms with van der Waals surface area (Å²) in [4.78, 5) is 14.7. The van der Waals surface area contributed by atoms with Crippen molar-refractivity contribution in [1.82, 2.24) is 14.7 Å². The van der Waals surface area contributed by atoms with Gasteiger partial charge in [0, 0.05) is 20.1 Å². The molecule has 2 bridgehead atoms. The molecule has 0 spiro atoms. The van der Waals surface area contributed by atoms with Crippen molar-refractivity contribution in [1.29, 1.82) is 0 Å². The lowest BCUT2D eigenvalue weighted by molar-refractivity contribution is 0.0670. The third kappa shape index (κ3) is 3.20. The van der Waals surface area contributed by atoms with Crippen LogP contribution in [0.2, 0.25) is 0 Å². The van der Waals surface area contributed by atoms with Gasteiger partial charge < -0.3 is 10.0 Å². The number of nitrogens with zero attached hydrogens (tertiary/aromatic N) is 3. The van der Waals surface area contributed by atoms with Crippen LogP contribution in [0.3, 0.4) is 0 Å². The standard InChI is InChI=1S/C18H27N3O2/c1-12(2)16-10-17(20(3)19-16)18(23)21(6-7-22)11-15-9-13-4-5-14(15)8-13/h4-5,10,12-15,22H,6-9,11H2,1-3H3/t13-,14-,15-/m0/s1. The zero-order valence-corrected chi connectivity index (χ0v) is 14.3. The molecular formula is C18H27N3O2. The number of aryl methyl sites for hydroxylation is 1. The second-order valence-corrected chi connectivity index (χ2v) is 7.25. The summed E-state index contributed by atoms with van der Waals surface area (Å²) in [7, 11) is 1.82. The Balaban J connectivity index is 1.75. The van der Waals surface area contributed by atoms with Gasteiger partial charge in [0.05, 0.1) is 12.3 Å². The van der Waals surface area contributed by atoms with Crippen LogP contribution in [0, 0.1) is 17.8 Å². The van der Waals surface area contributed by atoms with Crippen LogP contribution in [-0.4, -0.2) is 45.4 Å². The summed E-state index contributed by atoms with van der Waals surface area (Å²) in [6, 6.07) is 1.89. The highest BCUT2D eigenvalue weighted by Gasteiger charge is 2.37. The molecule has 1 aromatic rings. The van der Waals surface area contributed by atoms with E-state index in [1.807, 2.05) is 13.1 Å². The molecule has 1 N–H and O–H groups in total. The van der Waals surface area contributed by atoms with Crippen LogP contribution < -0.4 is 0 Å². The zero-order chi connectivity index (χ0) is 16.6. The zero-order valence-electron chi connectivity index (χ0n) is 14.3. The molecular weight excluding hydrogens is 290 g/mol. The SMILES string of the molecule is CC(C)c1cc(C(=O)N(CCO)C[C@@H]2C[C@H]3C=C[C@H]2C3)n(C)n1. The van der Waals surface area contributed by atoms with Gasteiger partial charge in [0.15, 0.2) is 0 Å². The molecule has 0 unspecified atom stereocenters. The number of hydrogen-bond donors (Lipinski definition) is 1. The van der Waals surface area contributed by atoms with Crippen molar-refractivity contribution in [2.45, 2.75) is 32.6 Å². The number of aromatic nitrogens is 2. The van der Waals surface area contributed by atoms with E-state index < -0.39 is 0 Å². The minimum absolute atomic E-state index is 0.00269. The number of allylic oxidation sites excluding steroid dienone is 2. The van der Waals surface area contributed by atoms with Gasteiger partial charge in [-0.2, -0.15) is 5.10 Å². The molecule has 5 heteroatoms. The van der Waals surface area contributed by atoms with Crippen LogP contribution in [0.15, 0.2) is 18.2 Å². The van der Waals surface area contributed by atoms with Crippen LogP contribution in [0.5, 0.6) is 0 Å². The van der Waals surface area contributed by atoms with Crippen molar-refractivity contribution in [3.8, 4) is 0 Å². The second-order valence-electron chi connectivity index (χ2n) is 7.25. The van der Waals surface area contributed by atoms with Crippen molar-refractivity contribution in [2.24, 2.45) is 24.8 Å². The maximum Gasteiger partial charge on any atom is 0.272 e. The highest BCUT2D eigenvalue weighted by Crippen LogP contribution is 2.43. The minimum Gasteiger partial charge on any atom is -0.395 e. The summed E-state index contributed by atoms with van der Waals surface area (Å²) < 4.78 is 1.67. The molecule has 23 heavy (non-hydrogen) atoms. The molecule has 0 radical (unpaired) electrons. The molecule has 1 aromatic heterocycles. The first kappa shape index (κ1) is 16.2. The number of aliphatic hydroxyl groups excluding tert-OH is 1. The number of rotatable bonds is 6. The maximum absolute atomic E-state index is 12.9. The number of hydrogen-bond acceptors (Lipinski definition) is 3. The Morgan fingerprint density at radius 2 is 2.22 bits per heavy atom. The molecule has 2 aliphatic rings. The van der Waals surface area contributed by atoms with Gasteiger partial charge in [-0.1, -0.05) is 26.0 Å². The average Bonchev–Trinajstić information content (AvgIpc) is 3.21. The highest BCUT2D eigenvalue weighted by atomic mass is 16.3. The first-order valence-corrected chi connectivity index (χ1v) is 8.62. The number of aliphatic hydroxyl groups is 1. The first-order chi connectivity index (χ1) is 11.0. The monoisotopic (exact) mass is 317 g/mol. The Hall–Kier alpha value is -1.62. The van der Waals surface area contributed by atoms with Crippen LogP contribution in [0.4, 0.5) is 0 Å². The number of carbonyl (C=O) groups excluding carboxylic acids is 1. The van der Waals surface area contributed by atoms with Crippen molar-refractivity contribution < 1.29 is 9.90 Å². The van der Waals surface area contributed by atoms with Crippen molar-refractivity contribution in [3.05, 3.63) is 29.6 Å². The normalized spacial score (nSPS) is 25.5. The van der Waals surface area contributed by atoms with E-state index in [-0.39, 0.29) is 12.5 Å². The summed E-state index contributed by atoms with van der Waals surface area (Å²) >= 11 is 0. The van der Waals surface area contributed by atoms with Gasteiger partial charge in [0.2, 0.25) is 0 Å². The molecule has 1 fully saturated rings. The lowest BCUT2D eigenvalue weighted by atomic mass is 9.93. The third-order valence-corrected chi connectivity index (χ3v) is 5.24. The maximum atomic E-state index is 12.9. The molecule has 1 amide bonds. The van der Waals surface area contributed by atoms with E-state index in [1.165, 1.54) is 12.8 Å². The van der Waals surface area contributed by atoms with Crippen molar-refractivity contribution in [3.63, 3.8) is 0 Å². The number of fused-ring (bicyclic) bond motifs is 2. The predicted molar refractivity (Wildman–Crippen MR) is 89.1 cm³/mol. The fraction of sp³-hybridized carbons (Fsp3) is 0.667. The van der Waals surface area contributed by atoms with Gasteiger partial charge in [0.1, 0.15) is 5.69 Å². The van der Waals surface area contributed by atoms with Gasteiger partial charge in [0.25, 0.3) is 5.91 Å². The molecule has 126 valence electrons. The summed E-state index contributed by atoms with van der Waals surface area (Å²) in [5, 5.41) is 13.8. The summed E-state index contributed by atoms with van der Waals surface area (Å²) in [5.74, 6) is 2.10. The van der Waals surface area contributed by atoms with Crippen LogP contribution in [0.25, 0.3) is 0 Å². The van der Waals surface area contributed by atoms with Crippen molar-refractivity contribution >= 4 is 5.91 Å². The largest absolute Gasteiger partial charge is 0.395 e. The smallest absolute Gasteiger partial charge is 0.272 e. The first-order valence-electron chi connectivity index (χ1n) is 8.62. The van der Waals surface area contributed by atoms with Gasteiger partial charge in [-0.25, -0.2) is 0 Å². The summed E-state index contributed by atoms with van der Waals surface area (Å²) in [6.07, 6.45) is 7.02. The number of carbonyl (C=O) groups is 1. The summed E-state index contributed by atoms with van der Waals surface area (Å²) in [6.45, 7) is 5.26. The molecule has 0 aliphatic heterocycles. The molecule has 3 atom stereocenters. The van der Waals surface area contributed by atoms with Gasteiger partial charge in [-0.15, -0.1) is 0 Å². The lowest BCUT2D eigenvalue weighted by Crippen LogP contribution is -2.39. The van der Waals surface area contributed by atoms with Crippen molar-refractivity contribution in [2.75, 3.05) is 19.7 Å². The molecule has 1 saturated carbocycles. The molecule has 3 rings (SSSR count). The fourth-order valence-electron chi connectivity index (χ4n) is 3.92. The van der Waals surface area contributed by atoms with E-state index >= 15 is 0 Å². The Labute approximate surface area is 138 Å². The predicted octanol–water partition coefficient (Wildman–Crippen LogP) is 2.19. The average molecular weight is 317 g/mol. The summed E-state index contributed by atoms with van der Waals surface area (Å²) in [5.41, 5.74) is 1.54. The van der Waals surface area contributed by atoms with E-state index in [0.717, 1.165) is 12.2 Å². The fourth-order valence-corrected chi connectivity index (χ4v) is 3.92. The topological polar surface area (TPSA) is 58.4 Å². The second kappa shape index (κ2) is 6.48. The van der Waals surface area contributed by atoms with E-state index in [2.05, 4.69) is 31.1 Å². The van der Waals surface area contributed by atoms with Gasteiger partial charge in [-0.05, 0) is 42.6 Å². The van der Waals surface area contributed by atoms with Crippen LogP contribution >= 0.6 is 0 Å². The Morgan fingerprint density at radius 3 is 2.74 bits per heavy atom. The molecule has 0 aromatic carbocycles. The van der Waals surface area contributed by atoms with E-state index in [1.54, 1.807) is 9.58 Å². The number of amides is 1. The van der Waals surface area contributed by atoms with E-state index in [0.29, 0.717) is 35.9 Å². The lowest BCUT2D eigenvalue weighted by Gasteiger charge is -2.28. The van der Waals surface area contributed by atoms with Gasteiger partial charge >= 0.3 is 0 Å². The van der Waals surface area contributed by atoms with Crippen LogP contribution in [-0.2, 0) is 7.05 Å².